The van der Waals surface area contributed by atoms with Gasteiger partial charge in [0, 0.05) is 53.4 Å². The average molecular weight is 466 g/mol. The van der Waals surface area contributed by atoms with Crippen molar-refractivity contribution in [2.45, 2.75) is 11.5 Å². The average Bonchev–Trinajstić information content (AvgIpc) is 3.20. The van der Waals surface area contributed by atoms with Gasteiger partial charge >= 0.3 is 6.09 Å². The Morgan fingerprint density at radius 3 is 2.63 bits per heavy atom. The molecular formula is C20H21Cl2N5O2S. The van der Waals surface area contributed by atoms with E-state index in [2.05, 4.69) is 32.4 Å². The van der Waals surface area contributed by atoms with Gasteiger partial charge < -0.3 is 9.64 Å². The molecule has 7 nitrogen and oxygen atoms in total. The number of aromatic amines is 1. The molecule has 1 aliphatic heterocycles. The van der Waals surface area contributed by atoms with Crippen molar-refractivity contribution < 1.29 is 9.53 Å². The minimum absolute atomic E-state index is 0.159. The van der Waals surface area contributed by atoms with Crippen LogP contribution in [0.3, 0.4) is 0 Å². The Balaban J connectivity index is 1.17. The zero-order valence-electron chi connectivity index (χ0n) is 16.2. The minimum Gasteiger partial charge on any atom is -0.445 e. The second-order valence-electron chi connectivity index (χ2n) is 7.00. The maximum absolute atomic E-state index is 12.3. The number of nitrogens with one attached hydrogen (secondary N) is 1. The predicted molar refractivity (Wildman–Crippen MR) is 119 cm³/mol. The number of H-pyrrole nitrogens is 1. The number of hydrogen-bond acceptors (Lipinski definition) is 6. The third-order valence-corrected chi connectivity index (χ3v) is 6.30. The Morgan fingerprint density at radius 2 is 1.87 bits per heavy atom. The van der Waals surface area contributed by atoms with Gasteiger partial charge in [-0.1, -0.05) is 28.4 Å². The summed E-state index contributed by atoms with van der Waals surface area (Å²) in [4.78, 5) is 17.6. The molecule has 2 aromatic carbocycles. The normalized spacial score (nSPS) is 14.9. The van der Waals surface area contributed by atoms with Gasteiger partial charge in [-0.3, -0.25) is 10.00 Å². The molecule has 158 valence electrons. The van der Waals surface area contributed by atoms with Crippen molar-refractivity contribution in [2.75, 3.05) is 38.5 Å². The van der Waals surface area contributed by atoms with E-state index < -0.39 is 0 Å². The molecule has 1 N–H and O–H groups in total. The van der Waals surface area contributed by atoms with Crippen LogP contribution in [-0.4, -0.2) is 69.8 Å². The second kappa shape index (κ2) is 9.87. The van der Waals surface area contributed by atoms with Gasteiger partial charge in [-0.25, -0.2) is 4.79 Å². The lowest BCUT2D eigenvalue weighted by Gasteiger charge is -2.34. The van der Waals surface area contributed by atoms with Gasteiger partial charge in [0.05, 0.1) is 5.52 Å². The smallest absolute Gasteiger partial charge is 0.410 e. The summed E-state index contributed by atoms with van der Waals surface area (Å²) in [6, 6.07) is 11.3. The minimum atomic E-state index is -0.304. The third kappa shape index (κ3) is 5.57. The first-order valence-corrected chi connectivity index (χ1v) is 11.3. The molecule has 10 heteroatoms. The van der Waals surface area contributed by atoms with Crippen LogP contribution in [-0.2, 0) is 11.3 Å². The molecule has 1 saturated heterocycles. The van der Waals surface area contributed by atoms with Crippen LogP contribution in [0.4, 0.5) is 4.79 Å². The molecule has 0 radical (unpaired) electrons. The molecule has 0 spiro atoms. The van der Waals surface area contributed by atoms with Gasteiger partial charge in [0.1, 0.15) is 12.1 Å². The maximum Gasteiger partial charge on any atom is 0.410 e. The van der Waals surface area contributed by atoms with Crippen LogP contribution < -0.4 is 0 Å². The lowest BCUT2D eigenvalue weighted by molar-refractivity contribution is 0.0731. The van der Waals surface area contributed by atoms with E-state index in [-0.39, 0.29) is 12.7 Å². The molecule has 0 aliphatic carbocycles. The van der Waals surface area contributed by atoms with E-state index in [0.717, 1.165) is 42.0 Å². The number of ether oxygens (including phenoxy) is 1. The van der Waals surface area contributed by atoms with Gasteiger partial charge in [0.25, 0.3) is 0 Å². The van der Waals surface area contributed by atoms with E-state index in [1.54, 1.807) is 34.9 Å². The van der Waals surface area contributed by atoms with Gasteiger partial charge in [0.2, 0.25) is 0 Å². The van der Waals surface area contributed by atoms with Crippen LogP contribution in [0.2, 0.25) is 10.0 Å². The number of amides is 1. The first kappa shape index (κ1) is 21.2. The van der Waals surface area contributed by atoms with Crippen LogP contribution in [0.1, 0.15) is 5.56 Å². The third-order valence-electron chi connectivity index (χ3n) is 4.89. The number of hydrogen-bond donors (Lipinski definition) is 1. The Labute approximate surface area is 188 Å². The molecule has 1 aromatic heterocycles. The molecule has 1 fully saturated rings. The Hall–Kier alpha value is -2.00. The number of halogens is 2. The fourth-order valence-electron chi connectivity index (χ4n) is 3.29. The molecule has 2 heterocycles. The summed E-state index contributed by atoms with van der Waals surface area (Å²) in [5.41, 5.74) is 2.61. The van der Waals surface area contributed by atoms with Crippen molar-refractivity contribution in [3.63, 3.8) is 0 Å². The number of carbonyl (C=O) groups is 1. The Kier molecular flexibility index (Phi) is 6.99. The molecular weight excluding hydrogens is 445 g/mol. The fourth-order valence-corrected chi connectivity index (χ4v) is 4.81. The molecule has 3 aromatic rings. The number of piperazine rings is 1. The molecule has 1 aliphatic rings. The van der Waals surface area contributed by atoms with Crippen molar-refractivity contribution >= 4 is 52.1 Å². The summed E-state index contributed by atoms with van der Waals surface area (Å²) in [7, 11) is 0. The van der Waals surface area contributed by atoms with E-state index >= 15 is 0 Å². The summed E-state index contributed by atoms with van der Waals surface area (Å²) >= 11 is 13.8. The summed E-state index contributed by atoms with van der Waals surface area (Å²) in [5.74, 6) is 0.979. The van der Waals surface area contributed by atoms with Crippen LogP contribution in [0, 0.1) is 0 Å². The van der Waals surface area contributed by atoms with E-state index in [1.807, 2.05) is 6.07 Å². The van der Waals surface area contributed by atoms with Crippen molar-refractivity contribution in [1.29, 1.82) is 0 Å². The molecule has 0 unspecified atom stereocenters. The Bertz CT molecular complexity index is 1000. The van der Waals surface area contributed by atoms with Crippen molar-refractivity contribution in [3.8, 4) is 0 Å². The van der Waals surface area contributed by atoms with E-state index in [9.17, 15) is 4.79 Å². The number of fused-ring (bicyclic) bond motifs is 1. The standard InChI is InChI=1S/C20H21Cl2N5O2S/c21-15-9-14(10-16(22)11-15)13-29-20(28)27-5-3-26(4-6-27)7-8-30-17-1-2-18-19(12-17)24-25-23-18/h1-2,9-12H,3-8,13H2,(H,23,24,25). The molecule has 4 rings (SSSR count). The van der Waals surface area contributed by atoms with Crippen LogP contribution in [0.15, 0.2) is 41.3 Å². The number of thioether (sulfide) groups is 1. The van der Waals surface area contributed by atoms with Crippen molar-refractivity contribution in [2.24, 2.45) is 0 Å². The first-order chi connectivity index (χ1) is 14.6. The summed E-state index contributed by atoms with van der Waals surface area (Å²) in [6.45, 7) is 4.11. The van der Waals surface area contributed by atoms with Gasteiger partial charge in [-0.05, 0) is 42.0 Å². The van der Waals surface area contributed by atoms with Crippen molar-refractivity contribution in [1.82, 2.24) is 25.2 Å². The zero-order valence-corrected chi connectivity index (χ0v) is 18.5. The highest BCUT2D eigenvalue weighted by Gasteiger charge is 2.22. The summed E-state index contributed by atoms with van der Waals surface area (Å²) in [5, 5.41) is 11.8. The van der Waals surface area contributed by atoms with Crippen LogP contribution in [0.5, 0.6) is 0 Å². The topological polar surface area (TPSA) is 74.3 Å². The molecule has 0 bridgehead atoms. The number of nitrogens with zero attached hydrogens (tertiary/aromatic N) is 4. The predicted octanol–water partition coefficient (Wildman–Crippen LogP) is 4.31. The number of carbonyl (C=O) groups excluding carboxylic acids is 1. The SMILES string of the molecule is O=C(OCc1cc(Cl)cc(Cl)c1)N1CCN(CCSc2ccc3nn[nH]c3c2)CC1. The summed E-state index contributed by atoms with van der Waals surface area (Å²) in [6.07, 6.45) is -0.304. The Morgan fingerprint density at radius 1 is 1.10 bits per heavy atom. The monoisotopic (exact) mass is 465 g/mol. The molecule has 0 saturated carbocycles. The van der Waals surface area contributed by atoms with E-state index in [0.29, 0.717) is 23.1 Å². The van der Waals surface area contributed by atoms with Gasteiger partial charge in [-0.2, -0.15) is 0 Å². The van der Waals surface area contributed by atoms with Crippen molar-refractivity contribution in [3.05, 3.63) is 52.0 Å². The molecule has 0 atom stereocenters. The number of rotatable bonds is 6. The van der Waals surface area contributed by atoms with E-state index in [1.165, 1.54) is 4.90 Å². The van der Waals surface area contributed by atoms with Gasteiger partial charge in [0.15, 0.2) is 0 Å². The second-order valence-corrected chi connectivity index (χ2v) is 9.04. The maximum atomic E-state index is 12.3. The van der Waals surface area contributed by atoms with Crippen LogP contribution >= 0.6 is 35.0 Å². The fraction of sp³-hybridized carbons (Fsp3) is 0.350. The quantitative estimate of drug-likeness (QED) is 0.546. The molecule has 30 heavy (non-hydrogen) atoms. The highest BCUT2D eigenvalue weighted by atomic mass is 35.5. The number of benzene rings is 2. The largest absolute Gasteiger partial charge is 0.445 e. The highest BCUT2D eigenvalue weighted by Crippen LogP contribution is 2.22. The summed E-state index contributed by atoms with van der Waals surface area (Å²) < 4.78 is 5.41. The number of aromatic nitrogens is 3. The zero-order chi connectivity index (χ0) is 20.9. The lowest BCUT2D eigenvalue weighted by Crippen LogP contribution is -2.49. The lowest BCUT2D eigenvalue weighted by atomic mass is 10.2. The van der Waals surface area contributed by atoms with Gasteiger partial charge in [-0.15, -0.1) is 16.9 Å². The first-order valence-electron chi connectivity index (χ1n) is 9.59. The molecule has 1 amide bonds. The van der Waals surface area contributed by atoms with E-state index in [4.69, 9.17) is 27.9 Å². The highest BCUT2D eigenvalue weighted by molar-refractivity contribution is 7.99. The van der Waals surface area contributed by atoms with Crippen LogP contribution in [0.25, 0.3) is 11.0 Å².